The normalized spacial score (nSPS) is 14.2. The van der Waals surface area contributed by atoms with Crippen LogP contribution in [0, 0.1) is 11.8 Å². The Morgan fingerprint density at radius 2 is 1.78 bits per heavy atom. The van der Waals surface area contributed by atoms with Crippen LogP contribution < -0.4 is 0 Å². The van der Waals surface area contributed by atoms with Crippen LogP contribution in [0.2, 0.25) is 0 Å². The third-order valence-corrected chi connectivity index (χ3v) is 3.80. The van der Waals surface area contributed by atoms with Gasteiger partial charge in [0.2, 0.25) is 0 Å². The molecule has 0 saturated carbocycles. The van der Waals surface area contributed by atoms with E-state index in [2.05, 4.69) is 27.7 Å². The molecule has 0 rings (SSSR count). The van der Waals surface area contributed by atoms with Crippen molar-refractivity contribution in [1.82, 2.24) is 0 Å². The standard InChI is InChI=1S/C16H32O2/c1-5-8-11-15(7-3)13-18-16(17)12-9-10-14(4)6-2/h14-15H,5-13H2,1-4H3. The monoisotopic (exact) mass is 256 g/mol. The molecule has 0 N–H and O–H groups in total. The molecular weight excluding hydrogens is 224 g/mol. The molecule has 0 aliphatic heterocycles. The third kappa shape index (κ3) is 9.49. The molecule has 0 aromatic carbocycles. The van der Waals surface area contributed by atoms with Gasteiger partial charge in [-0.3, -0.25) is 4.79 Å². The van der Waals surface area contributed by atoms with Gasteiger partial charge in [-0.05, 0) is 24.7 Å². The van der Waals surface area contributed by atoms with E-state index in [1.807, 2.05) is 0 Å². The van der Waals surface area contributed by atoms with Crippen molar-refractivity contribution in [1.29, 1.82) is 0 Å². The van der Waals surface area contributed by atoms with Crippen LogP contribution in [0.1, 0.15) is 79.1 Å². The van der Waals surface area contributed by atoms with Gasteiger partial charge in [0.25, 0.3) is 0 Å². The molecule has 0 heterocycles. The smallest absolute Gasteiger partial charge is 0.305 e. The second-order valence-electron chi connectivity index (χ2n) is 5.51. The Labute approximate surface area is 113 Å². The van der Waals surface area contributed by atoms with Crippen molar-refractivity contribution in [2.24, 2.45) is 11.8 Å². The highest BCUT2D eigenvalue weighted by Gasteiger charge is 2.10. The van der Waals surface area contributed by atoms with Crippen molar-refractivity contribution >= 4 is 5.97 Å². The van der Waals surface area contributed by atoms with Crippen molar-refractivity contribution in [3.05, 3.63) is 0 Å². The first-order valence-corrected chi connectivity index (χ1v) is 7.79. The summed E-state index contributed by atoms with van der Waals surface area (Å²) in [6.07, 6.45) is 8.66. The minimum atomic E-state index is -0.00625. The van der Waals surface area contributed by atoms with Crippen molar-refractivity contribution in [2.45, 2.75) is 79.1 Å². The van der Waals surface area contributed by atoms with Gasteiger partial charge in [0.15, 0.2) is 0 Å². The Morgan fingerprint density at radius 3 is 2.33 bits per heavy atom. The summed E-state index contributed by atoms with van der Waals surface area (Å²) >= 11 is 0. The zero-order chi connectivity index (χ0) is 13.8. The average Bonchev–Trinajstić information content (AvgIpc) is 2.38. The van der Waals surface area contributed by atoms with Crippen molar-refractivity contribution in [3.8, 4) is 0 Å². The molecule has 108 valence electrons. The first kappa shape index (κ1) is 17.5. The van der Waals surface area contributed by atoms with E-state index in [0.717, 1.165) is 25.2 Å². The Morgan fingerprint density at radius 1 is 1.06 bits per heavy atom. The fourth-order valence-corrected chi connectivity index (χ4v) is 1.98. The van der Waals surface area contributed by atoms with Crippen LogP contribution in [0.15, 0.2) is 0 Å². The summed E-state index contributed by atoms with van der Waals surface area (Å²) in [7, 11) is 0. The molecule has 18 heavy (non-hydrogen) atoms. The molecule has 2 atom stereocenters. The van der Waals surface area contributed by atoms with Gasteiger partial charge in [0, 0.05) is 6.42 Å². The van der Waals surface area contributed by atoms with Crippen molar-refractivity contribution < 1.29 is 9.53 Å². The second kappa shape index (κ2) is 11.6. The van der Waals surface area contributed by atoms with Crippen LogP contribution in [0.5, 0.6) is 0 Å². The summed E-state index contributed by atoms with van der Waals surface area (Å²) in [4.78, 5) is 11.6. The molecule has 0 aromatic rings. The number of rotatable bonds is 11. The SMILES string of the molecule is CCCCC(CC)COC(=O)CCCC(C)CC. The van der Waals surface area contributed by atoms with Gasteiger partial charge in [-0.15, -0.1) is 0 Å². The fraction of sp³-hybridized carbons (Fsp3) is 0.938. The van der Waals surface area contributed by atoms with Crippen LogP contribution in [0.4, 0.5) is 0 Å². The Kier molecular flexibility index (Phi) is 11.2. The number of hydrogen-bond donors (Lipinski definition) is 0. The predicted molar refractivity (Wildman–Crippen MR) is 77.6 cm³/mol. The molecule has 0 aliphatic carbocycles. The van der Waals surface area contributed by atoms with E-state index in [1.165, 1.54) is 25.7 Å². The highest BCUT2D eigenvalue weighted by atomic mass is 16.5. The van der Waals surface area contributed by atoms with E-state index in [9.17, 15) is 4.79 Å². The van der Waals surface area contributed by atoms with Crippen molar-refractivity contribution in [3.63, 3.8) is 0 Å². The van der Waals surface area contributed by atoms with Gasteiger partial charge in [0.05, 0.1) is 6.61 Å². The maximum Gasteiger partial charge on any atom is 0.305 e. The minimum Gasteiger partial charge on any atom is -0.465 e. The number of carbonyl (C=O) groups is 1. The summed E-state index contributed by atoms with van der Waals surface area (Å²) in [6, 6.07) is 0. The topological polar surface area (TPSA) is 26.3 Å². The lowest BCUT2D eigenvalue weighted by Crippen LogP contribution is -2.13. The zero-order valence-corrected chi connectivity index (χ0v) is 12.8. The van der Waals surface area contributed by atoms with Gasteiger partial charge in [-0.1, -0.05) is 59.8 Å². The summed E-state index contributed by atoms with van der Waals surface area (Å²) in [6.45, 7) is 9.44. The molecule has 0 spiro atoms. The molecule has 0 aromatic heterocycles. The number of carbonyl (C=O) groups excluding carboxylic acids is 1. The summed E-state index contributed by atoms with van der Waals surface area (Å²) < 4.78 is 5.37. The van der Waals surface area contributed by atoms with E-state index in [1.54, 1.807) is 0 Å². The van der Waals surface area contributed by atoms with Gasteiger partial charge >= 0.3 is 5.97 Å². The summed E-state index contributed by atoms with van der Waals surface area (Å²) in [5.41, 5.74) is 0. The highest BCUT2D eigenvalue weighted by molar-refractivity contribution is 5.69. The molecule has 0 fully saturated rings. The lowest BCUT2D eigenvalue weighted by atomic mass is 10.0. The summed E-state index contributed by atoms with van der Waals surface area (Å²) in [5, 5.41) is 0. The average molecular weight is 256 g/mol. The highest BCUT2D eigenvalue weighted by Crippen LogP contribution is 2.14. The minimum absolute atomic E-state index is 0.00625. The summed E-state index contributed by atoms with van der Waals surface area (Å²) in [5.74, 6) is 1.28. The second-order valence-corrected chi connectivity index (χ2v) is 5.51. The van der Waals surface area contributed by atoms with Crippen LogP contribution in [-0.4, -0.2) is 12.6 Å². The molecule has 0 amide bonds. The van der Waals surface area contributed by atoms with Crippen molar-refractivity contribution in [2.75, 3.05) is 6.61 Å². The number of hydrogen-bond acceptors (Lipinski definition) is 2. The lowest BCUT2D eigenvalue weighted by Gasteiger charge is -2.14. The Bertz CT molecular complexity index is 201. The molecule has 2 nitrogen and oxygen atoms in total. The maximum atomic E-state index is 11.6. The quantitative estimate of drug-likeness (QED) is 0.488. The largest absolute Gasteiger partial charge is 0.465 e. The van der Waals surface area contributed by atoms with Crippen LogP contribution in [0.3, 0.4) is 0 Å². The number of unbranched alkanes of at least 4 members (excludes halogenated alkanes) is 1. The molecule has 0 radical (unpaired) electrons. The van der Waals surface area contributed by atoms with E-state index < -0.39 is 0 Å². The van der Waals surface area contributed by atoms with E-state index in [0.29, 0.717) is 18.9 Å². The van der Waals surface area contributed by atoms with Crippen LogP contribution in [-0.2, 0) is 9.53 Å². The van der Waals surface area contributed by atoms with E-state index >= 15 is 0 Å². The Hall–Kier alpha value is -0.530. The number of ether oxygens (including phenoxy) is 1. The first-order valence-electron chi connectivity index (χ1n) is 7.79. The van der Waals surface area contributed by atoms with E-state index in [-0.39, 0.29) is 5.97 Å². The van der Waals surface area contributed by atoms with Gasteiger partial charge in [0.1, 0.15) is 0 Å². The van der Waals surface area contributed by atoms with Gasteiger partial charge in [-0.25, -0.2) is 0 Å². The fourth-order valence-electron chi connectivity index (χ4n) is 1.98. The van der Waals surface area contributed by atoms with Gasteiger partial charge in [-0.2, -0.15) is 0 Å². The van der Waals surface area contributed by atoms with Crippen LogP contribution >= 0.6 is 0 Å². The Balaban J connectivity index is 3.61. The lowest BCUT2D eigenvalue weighted by molar-refractivity contribution is -0.145. The predicted octanol–water partition coefficient (Wildman–Crippen LogP) is 4.96. The molecular formula is C16H32O2. The molecule has 0 bridgehead atoms. The molecule has 2 heteroatoms. The van der Waals surface area contributed by atoms with Crippen LogP contribution in [0.25, 0.3) is 0 Å². The van der Waals surface area contributed by atoms with E-state index in [4.69, 9.17) is 4.74 Å². The zero-order valence-electron chi connectivity index (χ0n) is 12.8. The van der Waals surface area contributed by atoms with Gasteiger partial charge < -0.3 is 4.74 Å². The molecule has 2 unspecified atom stereocenters. The number of esters is 1. The maximum absolute atomic E-state index is 11.6. The third-order valence-electron chi connectivity index (χ3n) is 3.80. The molecule has 0 aliphatic rings. The first-order chi connectivity index (χ1) is 8.63. The molecule has 0 saturated heterocycles.